The molecule has 0 bridgehead atoms. The first kappa shape index (κ1) is 21.1. The highest BCUT2D eigenvalue weighted by Crippen LogP contribution is 2.21. The third kappa shape index (κ3) is 4.64. The van der Waals surface area contributed by atoms with E-state index in [0.717, 1.165) is 17.0 Å². The number of rotatable bonds is 6. The van der Waals surface area contributed by atoms with E-state index >= 15 is 0 Å². The second-order valence-corrected chi connectivity index (χ2v) is 8.36. The van der Waals surface area contributed by atoms with E-state index < -0.39 is 0 Å². The van der Waals surface area contributed by atoms with E-state index in [1.54, 1.807) is 16.7 Å². The van der Waals surface area contributed by atoms with Crippen molar-refractivity contribution in [3.05, 3.63) is 69.2 Å². The third-order valence-electron chi connectivity index (χ3n) is 5.49. The van der Waals surface area contributed by atoms with Crippen LogP contribution in [0.15, 0.2) is 46.3 Å². The molecule has 8 heteroatoms. The molecule has 1 aliphatic heterocycles. The summed E-state index contributed by atoms with van der Waals surface area (Å²) in [6.45, 7) is 6.00. The average molecular weight is 440 g/mol. The lowest BCUT2D eigenvalue weighted by Crippen LogP contribution is -2.50. The number of aromatic nitrogens is 1. The van der Waals surface area contributed by atoms with Crippen molar-refractivity contribution in [2.24, 2.45) is 0 Å². The van der Waals surface area contributed by atoms with Crippen molar-refractivity contribution in [3.8, 4) is 5.75 Å². The summed E-state index contributed by atoms with van der Waals surface area (Å²) < 4.78 is 11.2. The van der Waals surface area contributed by atoms with Crippen molar-refractivity contribution < 1.29 is 18.8 Å². The van der Waals surface area contributed by atoms with Crippen molar-refractivity contribution >= 4 is 23.2 Å². The van der Waals surface area contributed by atoms with Gasteiger partial charge < -0.3 is 19.1 Å². The van der Waals surface area contributed by atoms with E-state index in [9.17, 15) is 9.59 Å². The topological polar surface area (TPSA) is 75.9 Å². The molecule has 7 nitrogen and oxygen atoms in total. The van der Waals surface area contributed by atoms with Crippen molar-refractivity contribution in [3.63, 3.8) is 0 Å². The zero-order valence-corrected chi connectivity index (χ0v) is 18.5. The number of piperazine rings is 1. The molecule has 2 aromatic heterocycles. The Morgan fingerprint density at radius 3 is 2.35 bits per heavy atom. The molecule has 1 fully saturated rings. The van der Waals surface area contributed by atoms with Crippen LogP contribution in [0.3, 0.4) is 0 Å². The molecule has 0 atom stereocenters. The van der Waals surface area contributed by atoms with Gasteiger partial charge in [-0.25, -0.2) is 0 Å². The zero-order valence-electron chi connectivity index (χ0n) is 17.7. The van der Waals surface area contributed by atoms with Gasteiger partial charge in [-0.05, 0) is 42.5 Å². The molecule has 1 saturated heterocycles. The Hall–Kier alpha value is -3.13. The number of nitrogens with zero attached hydrogens (tertiary/aromatic N) is 3. The molecule has 162 valence electrons. The molecule has 31 heavy (non-hydrogen) atoms. The molecular formula is C23H25N3O4S. The molecular weight excluding hydrogens is 414 g/mol. The number of ether oxygens (including phenoxy) is 1. The Morgan fingerprint density at radius 2 is 1.74 bits per heavy atom. The fraction of sp³-hybridized carbons (Fsp3) is 0.348. The standard InChI is InChI=1S/C23H25N3O4S/c1-3-17-6-8-18(9-7-17)29-15-19-16(2)30-24-21(19)23(28)26-12-10-25(11-13-26)22(27)20-5-4-14-31-20/h4-9,14H,3,10-13,15H2,1-2H3. The predicted molar refractivity (Wildman–Crippen MR) is 118 cm³/mol. The van der Waals surface area contributed by atoms with Crippen LogP contribution in [0.2, 0.25) is 0 Å². The maximum absolute atomic E-state index is 13.1. The van der Waals surface area contributed by atoms with E-state index in [-0.39, 0.29) is 24.1 Å². The molecule has 0 aliphatic carbocycles. The normalized spacial score (nSPS) is 14.0. The van der Waals surface area contributed by atoms with Crippen LogP contribution in [0.5, 0.6) is 5.75 Å². The molecule has 3 aromatic rings. The maximum atomic E-state index is 13.1. The summed E-state index contributed by atoms with van der Waals surface area (Å²) in [6.07, 6.45) is 0.968. The van der Waals surface area contributed by atoms with Crippen LogP contribution in [-0.4, -0.2) is 52.9 Å². The van der Waals surface area contributed by atoms with Crippen LogP contribution >= 0.6 is 11.3 Å². The molecule has 0 N–H and O–H groups in total. The first-order valence-electron chi connectivity index (χ1n) is 10.4. The molecule has 4 rings (SSSR count). The lowest BCUT2D eigenvalue weighted by Gasteiger charge is -2.34. The van der Waals surface area contributed by atoms with E-state index in [1.807, 2.05) is 41.8 Å². The van der Waals surface area contributed by atoms with Gasteiger partial charge in [0.05, 0.1) is 10.4 Å². The summed E-state index contributed by atoms with van der Waals surface area (Å²) in [7, 11) is 0. The van der Waals surface area contributed by atoms with Gasteiger partial charge in [-0.3, -0.25) is 9.59 Å². The highest BCUT2D eigenvalue weighted by Gasteiger charge is 2.29. The number of benzene rings is 1. The number of hydrogen-bond acceptors (Lipinski definition) is 6. The second kappa shape index (κ2) is 9.34. The molecule has 3 heterocycles. The van der Waals surface area contributed by atoms with Crippen LogP contribution in [0.25, 0.3) is 0 Å². The Balaban J connectivity index is 1.38. The van der Waals surface area contributed by atoms with Gasteiger partial charge in [0.25, 0.3) is 11.8 Å². The van der Waals surface area contributed by atoms with Gasteiger partial charge in [-0.15, -0.1) is 11.3 Å². The van der Waals surface area contributed by atoms with Crippen LogP contribution in [0.1, 0.15) is 44.0 Å². The molecule has 2 amide bonds. The Bertz CT molecular complexity index is 1040. The Morgan fingerprint density at radius 1 is 1.06 bits per heavy atom. The number of carbonyl (C=O) groups excluding carboxylic acids is 2. The first-order valence-corrected chi connectivity index (χ1v) is 11.2. The summed E-state index contributed by atoms with van der Waals surface area (Å²) in [4.78, 5) is 29.8. The lowest BCUT2D eigenvalue weighted by molar-refractivity contribution is 0.0531. The molecule has 0 spiro atoms. The van der Waals surface area contributed by atoms with Crippen LogP contribution in [0, 0.1) is 6.92 Å². The fourth-order valence-electron chi connectivity index (χ4n) is 3.52. The maximum Gasteiger partial charge on any atom is 0.276 e. The van der Waals surface area contributed by atoms with Crippen molar-refractivity contribution in [1.29, 1.82) is 0 Å². The number of carbonyl (C=O) groups is 2. The van der Waals surface area contributed by atoms with Crippen molar-refractivity contribution in [2.45, 2.75) is 26.9 Å². The van der Waals surface area contributed by atoms with E-state index in [4.69, 9.17) is 9.26 Å². The largest absolute Gasteiger partial charge is 0.489 e. The van der Waals surface area contributed by atoms with Gasteiger partial charge >= 0.3 is 0 Å². The number of hydrogen-bond donors (Lipinski definition) is 0. The van der Waals surface area contributed by atoms with Crippen molar-refractivity contribution in [2.75, 3.05) is 26.2 Å². The van der Waals surface area contributed by atoms with Gasteiger partial charge in [0, 0.05) is 26.2 Å². The molecule has 0 saturated carbocycles. The Labute approximate surface area is 185 Å². The molecule has 0 unspecified atom stereocenters. The first-order chi connectivity index (χ1) is 15.1. The number of thiophene rings is 1. The molecule has 1 aliphatic rings. The average Bonchev–Trinajstić information content (AvgIpc) is 3.47. The van der Waals surface area contributed by atoms with Gasteiger partial charge in [0.2, 0.25) is 0 Å². The summed E-state index contributed by atoms with van der Waals surface area (Å²) in [5, 5.41) is 5.89. The third-order valence-corrected chi connectivity index (χ3v) is 6.35. The van der Waals surface area contributed by atoms with E-state index in [1.165, 1.54) is 16.9 Å². The SMILES string of the molecule is CCc1ccc(OCc2c(C(=O)N3CCN(C(=O)c4cccs4)CC3)noc2C)cc1. The molecule has 1 aromatic carbocycles. The van der Waals surface area contributed by atoms with E-state index in [2.05, 4.69) is 12.1 Å². The highest BCUT2D eigenvalue weighted by atomic mass is 32.1. The minimum absolute atomic E-state index is 0.0163. The molecule has 0 radical (unpaired) electrons. The van der Waals surface area contributed by atoms with Crippen LogP contribution in [0.4, 0.5) is 0 Å². The Kier molecular flexibility index (Phi) is 6.36. The van der Waals surface area contributed by atoms with E-state index in [0.29, 0.717) is 37.5 Å². The number of aryl methyl sites for hydroxylation is 2. The zero-order chi connectivity index (χ0) is 21.8. The second-order valence-electron chi connectivity index (χ2n) is 7.41. The highest BCUT2D eigenvalue weighted by molar-refractivity contribution is 7.12. The van der Waals surface area contributed by atoms with Gasteiger partial charge in [-0.2, -0.15) is 0 Å². The lowest BCUT2D eigenvalue weighted by atomic mass is 10.1. The predicted octanol–water partition coefficient (Wildman–Crippen LogP) is 3.78. The van der Waals surface area contributed by atoms with Gasteiger partial charge in [0.1, 0.15) is 18.1 Å². The quantitative estimate of drug-likeness (QED) is 0.584. The summed E-state index contributed by atoms with van der Waals surface area (Å²) in [5.41, 5.74) is 2.17. The smallest absolute Gasteiger partial charge is 0.276 e. The minimum Gasteiger partial charge on any atom is -0.489 e. The minimum atomic E-state index is -0.194. The van der Waals surface area contributed by atoms with Crippen LogP contribution in [-0.2, 0) is 13.0 Å². The van der Waals surface area contributed by atoms with Crippen LogP contribution < -0.4 is 4.74 Å². The fourth-order valence-corrected chi connectivity index (χ4v) is 4.22. The summed E-state index contributed by atoms with van der Waals surface area (Å²) in [6, 6.07) is 11.6. The summed E-state index contributed by atoms with van der Waals surface area (Å²) >= 11 is 1.43. The number of amides is 2. The monoisotopic (exact) mass is 439 g/mol. The van der Waals surface area contributed by atoms with Gasteiger partial charge in [-0.1, -0.05) is 30.3 Å². The van der Waals surface area contributed by atoms with Crippen molar-refractivity contribution in [1.82, 2.24) is 15.0 Å². The van der Waals surface area contributed by atoms with Gasteiger partial charge in [0.15, 0.2) is 5.69 Å². The summed E-state index contributed by atoms with van der Waals surface area (Å²) in [5.74, 6) is 1.12.